The zero-order valence-electron chi connectivity index (χ0n) is 14.8. The largest absolute Gasteiger partial charge is 0.504 e. The molecule has 2 aromatic rings. The average molecular weight is 356 g/mol. The van der Waals surface area contributed by atoms with Crippen LogP contribution in [0.25, 0.3) is 0 Å². The first-order valence-electron chi connectivity index (χ1n) is 9.45. The van der Waals surface area contributed by atoms with Crippen LogP contribution in [0.15, 0.2) is 18.2 Å². The fraction of sp³-hybridized carbons (Fsp3) is 0.524. The highest BCUT2D eigenvalue weighted by Gasteiger charge is 2.34. The number of methoxy groups -OCH3 is 1. The number of fused-ring (bicyclic) bond motifs is 4. The molecule has 0 unspecified atom stereocenters. The predicted molar refractivity (Wildman–Crippen MR) is 101 cm³/mol. The highest BCUT2D eigenvalue weighted by atomic mass is 32.1. The lowest BCUT2D eigenvalue weighted by atomic mass is 9.82. The third-order valence-corrected chi connectivity index (χ3v) is 7.55. The van der Waals surface area contributed by atoms with Gasteiger partial charge >= 0.3 is 0 Å². The quantitative estimate of drug-likeness (QED) is 0.882. The number of benzene rings is 1. The van der Waals surface area contributed by atoms with Crippen molar-refractivity contribution >= 4 is 11.3 Å². The van der Waals surface area contributed by atoms with Gasteiger partial charge in [-0.1, -0.05) is 19.3 Å². The Bertz CT molecular complexity index is 808. The maximum atomic E-state index is 10.2. The fourth-order valence-corrected chi connectivity index (χ4v) is 6.01. The van der Waals surface area contributed by atoms with E-state index in [1.807, 2.05) is 23.5 Å². The molecule has 1 fully saturated rings. The van der Waals surface area contributed by atoms with E-state index in [2.05, 4.69) is 11.0 Å². The Morgan fingerprint density at radius 3 is 2.88 bits per heavy atom. The Morgan fingerprint density at radius 1 is 1.24 bits per heavy atom. The summed E-state index contributed by atoms with van der Waals surface area (Å²) in [6.45, 7) is 2.16. The minimum absolute atomic E-state index is 0.269. The lowest BCUT2D eigenvalue weighted by Gasteiger charge is -2.40. The summed E-state index contributed by atoms with van der Waals surface area (Å²) in [4.78, 5) is 5.75. The summed E-state index contributed by atoms with van der Waals surface area (Å²) >= 11 is 2.04. The summed E-state index contributed by atoms with van der Waals surface area (Å²) < 4.78 is 5.30. The van der Waals surface area contributed by atoms with Crippen molar-refractivity contribution < 1.29 is 9.84 Å². The number of hydrogen-bond donors (Lipinski definition) is 1. The molecule has 3 nitrogen and oxygen atoms in total. The number of thiophene rings is 1. The molecule has 1 aromatic heterocycles. The van der Waals surface area contributed by atoms with Gasteiger partial charge in [0.2, 0.25) is 0 Å². The highest BCUT2D eigenvalue weighted by molar-refractivity contribution is 7.12. The van der Waals surface area contributed by atoms with Crippen LogP contribution in [-0.2, 0) is 25.8 Å². The maximum absolute atomic E-state index is 10.2. The van der Waals surface area contributed by atoms with E-state index < -0.39 is 0 Å². The van der Waals surface area contributed by atoms with Gasteiger partial charge in [-0.25, -0.2) is 0 Å². The molecule has 4 heteroatoms. The molecule has 0 spiro atoms. The predicted octanol–water partition coefficient (Wildman–Crippen LogP) is 4.46. The third kappa shape index (κ3) is 2.67. The van der Waals surface area contributed by atoms with Crippen molar-refractivity contribution in [3.05, 3.63) is 44.6 Å². The van der Waals surface area contributed by atoms with Crippen molar-refractivity contribution in [2.45, 2.75) is 51.1 Å². The lowest BCUT2D eigenvalue weighted by Crippen LogP contribution is -2.38. The van der Waals surface area contributed by atoms with Gasteiger partial charge in [-0.2, -0.15) is 0 Å². The molecule has 1 saturated carbocycles. The summed E-state index contributed by atoms with van der Waals surface area (Å²) in [5, 5.41) is 10.2. The third-order valence-electron chi connectivity index (χ3n) is 6.32. The molecule has 0 amide bonds. The number of ether oxygens (including phenoxy) is 1. The van der Waals surface area contributed by atoms with Gasteiger partial charge in [-0.05, 0) is 53.6 Å². The van der Waals surface area contributed by atoms with E-state index in [9.17, 15) is 5.11 Å². The molecule has 0 bridgehead atoms. The van der Waals surface area contributed by atoms with E-state index in [0.29, 0.717) is 11.8 Å². The first-order chi connectivity index (χ1) is 12.2. The zero-order chi connectivity index (χ0) is 17.0. The van der Waals surface area contributed by atoms with Crippen LogP contribution in [0.1, 0.15) is 51.7 Å². The maximum Gasteiger partial charge on any atom is 0.160 e. The zero-order valence-corrected chi connectivity index (χ0v) is 15.6. The Kier molecular flexibility index (Phi) is 3.79. The van der Waals surface area contributed by atoms with Crippen molar-refractivity contribution in [1.82, 2.24) is 4.90 Å². The fourth-order valence-electron chi connectivity index (χ4n) is 4.67. The van der Waals surface area contributed by atoms with E-state index in [0.717, 1.165) is 31.8 Å². The van der Waals surface area contributed by atoms with Crippen LogP contribution in [0.4, 0.5) is 0 Å². The van der Waals surface area contributed by atoms with Crippen LogP contribution in [0.3, 0.4) is 0 Å². The second kappa shape index (κ2) is 6.03. The SMILES string of the molecule is COc1cc2c(cc1O)[C@@H]1Cc3sc(CC4CCC4)cc3CN1CC2. The van der Waals surface area contributed by atoms with Crippen molar-refractivity contribution in [3.63, 3.8) is 0 Å². The van der Waals surface area contributed by atoms with Gasteiger partial charge in [0.1, 0.15) is 0 Å². The average Bonchev–Trinajstić information content (AvgIpc) is 2.97. The first-order valence-corrected chi connectivity index (χ1v) is 10.3. The Hall–Kier alpha value is -1.52. The minimum atomic E-state index is 0.269. The number of nitrogens with zero attached hydrogens (tertiary/aromatic N) is 1. The molecule has 132 valence electrons. The van der Waals surface area contributed by atoms with E-state index in [4.69, 9.17) is 4.74 Å². The Morgan fingerprint density at radius 2 is 2.12 bits per heavy atom. The second-order valence-electron chi connectivity index (χ2n) is 7.83. The number of aromatic hydroxyl groups is 1. The molecule has 3 heterocycles. The number of phenolic OH excluding ortho intramolecular Hbond substituents is 1. The summed E-state index contributed by atoms with van der Waals surface area (Å²) in [5.41, 5.74) is 4.19. The van der Waals surface area contributed by atoms with Gasteiger partial charge < -0.3 is 9.84 Å². The lowest BCUT2D eigenvalue weighted by molar-refractivity contribution is 0.162. The van der Waals surface area contributed by atoms with Crippen molar-refractivity contribution in [2.75, 3.05) is 13.7 Å². The van der Waals surface area contributed by atoms with Crippen LogP contribution >= 0.6 is 11.3 Å². The van der Waals surface area contributed by atoms with Gasteiger partial charge in [0.05, 0.1) is 7.11 Å². The van der Waals surface area contributed by atoms with Crippen LogP contribution in [0, 0.1) is 5.92 Å². The number of phenols is 1. The first kappa shape index (κ1) is 15.7. The van der Waals surface area contributed by atoms with Gasteiger partial charge in [0, 0.05) is 35.3 Å². The van der Waals surface area contributed by atoms with Gasteiger partial charge in [-0.3, -0.25) is 4.90 Å². The number of hydrogen-bond acceptors (Lipinski definition) is 4. The Labute approximate surface area is 153 Å². The van der Waals surface area contributed by atoms with Crippen molar-refractivity contribution in [2.24, 2.45) is 5.92 Å². The molecule has 5 rings (SSSR count). The molecular formula is C21H25NO2S. The molecule has 0 radical (unpaired) electrons. The standard InChI is InChI=1S/C21H25NO2S/c1-24-20-9-14-5-6-22-12-15-8-16(7-13-3-2-4-13)25-21(15)11-18(22)17(14)10-19(20)23/h8-10,13,18,23H,2-7,11-12H2,1H3/t18-/m0/s1. The smallest absolute Gasteiger partial charge is 0.160 e. The van der Waals surface area contributed by atoms with Crippen molar-refractivity contribution in [3.8, 4) is 11.5 Å². The topological polar surface area (TPSA) is 32.7 Å². The van der Waals surface area contributed by atoms with Crippen LogP contribution < -0.4 is 4.74 Å². The molecular weight excluding hydrogens is 330 g/mol. The van der Waals surface area contributed by atoms with E-state index >= 15 is 0 Å². The van der Waals surface area contributed by atoms with Gasteiger partial charge in [-0.15, -0.1) is 11.3 Å². The molecule has 1 aliphatic carbocycles. The molecule has 1 aromatic carbocycles. The molecule has 2 aliphatic heterocycles. The summed E-state index contributed by atoms with van der Waals surface area (Å²) in [7, 11) is 1.62. The molecule has 1 N–H and O–H groups in total. The minimum Gasteiger partial charge on any atom is -0.504 e. The van der Waals surface area contributed by atoms with Crippen LogP contribution in [0.5, 0.6) is 11.5 Å². The Balaban J connectivity index is 1.44. The van der Waals surface area contributed by atoms with E-state index in [1.165, 1.54) is 36.8 Å². The van der Waals surface area contributed by atoms with Gasteiger partial charge in [0.25, 0.3) is 0 Å². The molecule has 1 atom stereocenters. The normalized spacial score (nSPS) is 22.7. The molecule has 25 heavy (non-hydrogen) atoms. The van der Waals surface area contributed by atoms with Crippen molar-refractivity contribution in [1.29, 1.82) is 0 Å². The summed E-state index contributed by atoms with van der Waals surface area (Å²) in [5.74, 6) is 1.81. The highest BCUT2D eigenvalue weighted by Crippen LogP contribution is 2.44. The monoisotopic (exact) mass is 355 g/mol. The molecule has 0 saturated heterocycles. The molecule has 3 aliphatic rings. The summed E-state index contributed by atoms with van der Waals surface area (Å²) in [6, 6.07) is 6.87. The van der Waals surface area contributed by atoms with E-state index in [-0.39, 0.29) is 5.75 Å². The number of rotatable bonds is 3. The van der Waals surface area contributed by atoms with E-state index in [1.54, 1.807) is 22.4 Å². The second-order valence-corrected chi connectivity index (χ2v) is 9.05. The van der Waals surface area contributed by atoms with Gasteiger partial charge in [0.15, 0.2) is 11.5 Å². The van der Waals surface area contributed by atoms with Crippen LogP contribution in [-0.4, -0.2) is 23.7 Å². The summed E-state index contributed by atoms with van der Waals surface area (Å²) in [6.07, 6.45) is 7.68. The van der Waals surface area contributed by atoms with Crippen LogP contribution in [0.2, 0.25) is 0 Å².